The fraction of sp³-hybridized carbons (Fsp3) is 0.143. The normalized spacial score (nSPS) is 12.4. The van der Waals surface area contributed by atoms with Crippen molar-refractivity contribution in [3.8, 4) is 0 Å². The summed E-state index contributed by atoms with van der Waals surface area (Å²) in [6, 6.07) is 14.4. The Bertz CT molecular complexity index is 572. The third-order valence-electron chi connectivity index (χ3n) is 2.86. The molecule has 5 heteroatoms. The molecule has 0 radical (unpaired) electrons. The van der Waals surface area contributed by atoms with Crippen LogP contribution < -0.4 is 11.3 Å². The molecule has 0 saturated carbocycles. The molecule has 0 saturated heterocycles. The molecule has 0 bridgehead atoms. The molecule has 100 valence electrons. The van der Waals surface area contributed by atoms with E-state index in [1.54, 1.807) is 0 Å². The Hall–Kier alpha value is -0.200. The molecule has 1 atom stereocenters. The molecule has 0 spiro atoms. The minimum Gasteiger partial charge on any atom is -0.271 e. The SMILES string of the molecule is NNC(Cc1cccc(Br)c1)c1cc(Br)ccc1Br. The number of benzene rings is 2. The first kappa shape index (κ1) is 15.2. The van der Waals surface area contributed by atoms with Crippen LogP contribution in [-0.4, -0.2) is 0 Å². The van der Waals surface area contributed by atoms with Gasteiger partial charge in [-0.2, -0.15) is 0 Å². The van der Waals surface area contributed by atoms with Crippen LogP contribution in [0.5, 0.6) is 0 Å². The zero-order chi connectivity index (χ0) is 13.8. The fourth-order valence-corrected chi connectivity index (χ4v) is 3.29. The van der Waals surface area contributed by atoms with Gasteiger partial charge in [-0.05, 0) is 47.9 Å². The van der Waals surface area contributed by atoms with Crippen LogP contribution in [-0.2, 0) is 6.42 Å². The van der Waals surface area contributed by atoms with E-state index in [1.807, 2.05) is 24.3 Å². The second-order valence-electron chi connectivity index (χ2n) is 4.22. The van der Waals surface area contributed by atoms with Gasteiger partial charge in [-0.15, -0.1) is 0 Å². The van der Waals surface area contributed by atoms with E-state index in [0.717, 1.165) is 25.4 Å². The Kier molecular flexibility index (Phi) is 5.59. The van der Waals surface area contributed by atoms with Crippen molar-refractivity contribution in [2.45, 2.75) is 12.5 Å². The summed E-state index contributed by atoms with van der Waals surface area (Å²) < 4.78 is 3.17. The molecular formula is C14H13Br3N2. The first-order valence-electron chi connectivity index (χ1n) is 5.75. The van der Waals surface area contributed by atoms with Crippen molar-refractivity contribution >= 4 is 47.8 Å². The van der Waals surface area contributed by atoms with Crippen LogP contribution in [0.1, 0.15) is 17.2 Å². The Balaban J connectivity index is 2.27. The van der Waals surface area contributed by atoms with Crippen molar-refractivity contribution in [1.29, 1.82) is 0 Å². The van der Waals surface area contributed by atoms with Crippen LogP contribution in [0.3, 0.4) is 0 Å². The summed E-state index contributed by atoms with van der Waals surface area (Å²) in [6.45, 7) is 0. The molecule has 2 nitrogen and oxygen atoms in total. The van der Waals surface area contributed by atoms with Crippen LogP contribution in [0.2, 0.25) is 0 Å². The number of halogens is 3. The molecule has 2 rings (SSSR count). The molecule has 2 aromatic rings. The van der Waals surface area contributed by atoms with Crippen molar-refractivity contribution in [1.82, 2.24) is 5.43 Å². The third-order valence-corrected chi connectivity index (χ3v) is 4.57. The van der Waals surface area contributed by atoms with Crippen LogP contribution in [0.25, 0.3) is 0 Å². The molecule has 0 aliphatic rings. The second kappa shape index (κ2) is 6.99. The summed E-state index contributed by atoms with van der Waals surface area (Å²) in [5.74, 6) is 5.71. The lowest BCUT2D eigenvalue weighted by Gasteiger charge is -2.18. The van der Waals surface area contributed by atoms with Crippen molar-refractivity contribution < 1.29 is 0 Å². The summed E-state index contributed by atoms with van der Waals surface area (Å²) in [5, 5.41) is 0. The maximum absolute atomic E-state index is 5.71. The fourth-order valence-electron chi connectivity index (χ4n) is 1.94. The average molecular weight is 449 g/mol. The van der Waals surface area contributed by atoms with Crippen LogP contribution in [0.15, 0.2) is 55.9 Å². The molecule has 0 fully saturated rings. The summed E-state index contributed by atoms with van der Waals surface area (Å²) >= 11 is 10.6. The van der Waals surface area contributed by atoms with Gasteiger partial charge >= 0.3 is 0 Å². The largest absolute Gasteiger partial charge is 0.271 e. The Morgan fingerprint density at radius 3 is 2.42 bits per heavy atom. The van der Waals surface area contributed by atoms with Crippen molar-refractivity contribution in [3.63, 3.8) is 0 Å². The Morgan fingerprint density at radius 1 is 1.00 bits per heavy atom. The molecule has 2 aromatic carbocycles. The summed E-state index contributed by atoms with van der Waals surface area (Å²) in [6.07, 6.45) is 0.824. The van der Waals surface area contributed by atoms with Gasteiger partial charge in [0, 0.05) is 13.4 Å². The highest BCUT2D eigenvalue weighted by Gasteiger charge is 2.14. The number of hydrogen-bond donors (Lipinski definition) is 2. The maximum atomic E-state index is 5.71. The quantitative estimate of drug-likeness (QED) is 0.524. The van der Waals surface area contributed by atoms with E-state index >= 15 is 0 Å². The predicted octanol–water partition coefficient (Wildman–Crippen LogP) is 4.72. The van der Waals surface area contributed by atoms with Crippen molar-refractivity contribution in [2.24, 2.45) is 5.84 Å². The molecule has 3 N–H and O–H groups in total. The second-order valence-corrected chi connectivity index (χ2v) is 6.90. The van der Waals surface area contributed by atoms with E-state index in [4.69, 9.17) is 5.84 Å². The van der Waals surface area contributed by atoms with Crippen LogP contribution in [0.4, 0.5) is 0 Å². The Morgan fingerprint density at radius 2 is 1.74 bits per heavy atom. The predicted molar refractivity (Wildman–Crippen MR) is 89.8 cm³/mol. The zero-order valence-corrected chi connectivity index (χ0v) is 14.8. The van der Waals surface area contributed by atoms with Gasteiger partial charge in [-0.3, -0.25) is 11.3 Å². The Labute approximate surface area is 138 Å². The molecule has 1 unspecified atom stereocenters. The van der Waals surface area contributed by atoms with E-state index < -0.39 is 0 Å². The van der Waals surface area contributed by atoms with E-state index in [-0.39, 0.29) is 6.04 Å². The first-order chi connectivity index (χ1) is 9.10. The topological polar surface area (TPSA) is 38.0 Å². The van der Waals surface area contributed by atoms with E-state index in [2.05, 4.69) is 71.4 Å². The smallest absolute Gasteiger partial charge is 0.0511 e. The highest BCUT2D eigenvalue weighted by atomic mass is 79.9. The monoisotopic (exact) mass is 446 g/mol. The van der Waals surface area contributed by atoms with Gasteiger partial charge in [0.05, 0.1) is 6.04 Å². The maximum Gasteiger partial charge on any atom is 0.0511 e. The van der Waals surface area contributed by atoms with Gasteiger partial charge in [-0.1, -0.05) is 59.9 Å². The summed E-state index contributed by atoms with van der Waals surface area (Å²) in [5.41, 5.74) is 5.25. The molecular weight excluding hydrogens is 436 g/mol. The van der Waals surface area contributed by atoms with Gasteiger partial charge in [0.1, 0.15) is 0 Å². The number of rotatable bonds is 4. The lowest BCUT2D eigenvalue weighted by molar-refractivity contribution is 0.549. The zero-order valence-electron chi connectivity index (χ0n) is 10.0. The van der Waals surface area contributed by atoms with Crippen LogP contribution in [0, 0.1) is 0 Å². The van der Waals surface area contributed by atoms with E-state index in [9.17, 15) is 0 Å². The third kappa shape index (κ3) is 4.13. The van der Waals surface area contributed by atoms with Gasteiger partial charge in [-0.25, -0.2) is 0 Å². The molecule has 0 heterocycles. The van der Waals surface area contributed by atoms with E-state index in [1.165, 1.54) is 5.56 Å². The van der Waals surface area contributed by atoms with Crippen molar-refractivity contribution in [3.05, 3.63) is 67.0 Å². The minimum absolute atomic E-state index is 0.0566. The molecule has 19 heavy (non-hydrogen) atoms. The summed E-state index contributed by atoms with van der Waals surface area (Å²) in [7, 11) is 0. The molecule has 0 aliphatic carbocycles. The molecule has 0 aliphatic heterocycles. The van der Waals surface area contributed by atoms with Crippen molar-refractivity contribution in [2.75, 3.05) is 0 Å². The molecule has 0 amide bonds. The van der Waals surface area contributed by atoms with Crippen LogP contribution >= 0.6 is 47.8 Å². The number of nitrogens with two attached hydrogens (primary N) is 1. The van der Waals surface area contributed by atoms with E-state index in [0.29, 0.717) is 0 Å². The lowest BCUT2D eigenvalue weighted by Crippen LogP contribution is -2.29. The summed E-state index contributed by atoms with van der Waals surface area (Å²) in [4.78, 5) is 0. The van der Waals surface area contributed by atoms with Gasteiger partial charge in [0.15, 0.2) is 0 Å². The highest BCUT2D eigenvalue weighted by molar-refractivity contribution is 9.11. The van der Waals surface area contributed by atoms with Gasteiger partial charge < -0.3 is 0 Å². The standard InChI is InChI=1S/C14H13Br3N2/c15-10-3-1-2-9(6-10)7-14(19-18)12-8-11(16)4-5-13(12)17/h1-6,8,14,19H,7,18H2. The highest BCUT2D eigenvalue weighted by Crippen LogP contribution is 2.29. The lowest BCUT2D eigenvalue weighted by atomic mass is 9.99. The number of hydrazine groups is 1. The molecule has 0 aromatic heterocycles. The van der Waals surface area contributed by atoms with Gasteiger partial charge in [0.2, 0.25) is 0 Å². The minimum atomic E-state index is 0.0566. The first-order valence-corrected chi connectivity index (χ1v) is 8.13. The van der Waals surface area contributed by atoms with Gasteiger partial charge in [0.25, 0.3) is 0 Å². The average Bonchev–Trinajstić information content (AvgIpc) is 2.39. The number of hydrogen-bond acceptors (Lipinski definition) is 2. The number of nitrogens with one attached hydrogen (secondary N) is 1.